The zero-order chi connectivity index (χ0) is 13.0. The van der Waals surface area contributed by atoms with Gasteiger partial charge in [-0.05, 0) is 13.0 Å². The smallest absolute Gasteiger partial charge is 0.246 e. The van der Waals surface area contributed by atoms with Gasteiger partial charge in [-0.25, -0.2) is 0 Å². The van der Waals surface area contributed by atoms with Crippen molar-refractivity contribution in [3.8, 4) is 0 Å². The summed E-state index contributed by atoms with van der Waals surface area (Å²) in [5.41, 5.74) is 0. The lowest BCUT2D eigenvalue weighted by molar-refractivity contribution is -0.137. The van der Waals surface area contributed by atoms with E-state index in [2.05, 4.69) is 5.32 Å². The van der Waals surface area contributed by atoms with E-state index in [-0.39, 0.29) is 24.1 Å². The summed E-state index contributed by atoms with van der Waals surface area (Å²) in [5, 5.41) is 3.00. The molecule has 1 heterocycles. The number of hydrogen-bond acceptors (Lipinski definition) is 4. The summed E-state index contributed by atoms with van der Waals surface area (Å²) < 4.78 is 0. The molecule has 1 atom stereocenters. The molecule has 17 heavy (non-hydrogen) atoms. The highest BCUT2D eigenvalue weighted by Crippen LogP contribution is 2.10. The van der Waals surface area contributed by atoms with Gasteiger partial charge in [0, 0.05) is 27.6 Å². The molecule has 1 rings (SSSR count). The minimum atomic E-state index is -0.415. The molecule has 1 fully saturated rings. The molecule has 1 aliphatic rings. The zero-order valence-electron chi connectivity index (χ0n) is 10.5. The Kier molecular flexibility index (Phi) is 4.62. The largest absolute Gasteiger partial charge is 0.349 e. The van der Waals surface area contributed by atoms with Crippen LogP contribution in [-0.4, -0.2) is 61.3 Å². The second-order valence-corrected chi connectivity index (χ2v) is 4.39. The number of carbonyl (C=O) groups excluding carboxylic acids is 3. The fourth-order valence-corrected chi connectivity index (χ4v) is 1.65. The first-order valence-electron chi connectivity index (χ1n) is 5.67. The number of amides is 3. The Hall–Kier alpha value is -1.43. The van der Waals surface area contributed by atoms with Crippen molar-refractivity contribution in [2.75, 3.05) is 27.7 Å². The van der Waals surface area contributed by atoms with Crippen LogP contribution in [0.5, 0.6) is 0 Å². The van der Waals surface area contributed by atoms with E-state index in [9.17, 15) is 14.4 Å². The van der Waals surface area contributed by atoms with E-state index >= 15 is 0 Å². The maximum absolute atomic E-state index is 11.5. The van der Waals surface area contributed by atoms with Crippen LogP contribution in [0.4, 0.5) is 0 Å². The lowest BCUT2D eigenvalue weighted by Gasteiger charge is -2.12. The second kappa shape index (κ2) is 5.77. The highest BCUT2D eigenvalue weighted by Gasteiger charge is 2.35. The highest BCUT2D eigenvalue weighted by molar-refractivity contribution is 6.05. The monoisotopic (exact) mass is 241 g/mol. The molecule has 6 nitrogen and oxygen atoms in total. The number of nitrogens with one attached hydrogen (secondary N) is 1. The number of nitrogens with zero attached hydrogens (tertiary/aromatic N) is 2. The van der Waals surface area contributed by atoms with Gasteiger partial charge in [-0.2, -0.15) is 0 Å². The first kappa shape index (κ1) is 13.6. The van der Waals surface area contributed by atoms with Crippen LogP contribution in [0.2, 0.25) is 0 Å². The van der Waals surface area contributed by atoms with Crippen molar-refractivity contribution in [2.45, 2.75) is 25.3 Å². The Balaban J connectivity index is 2.22. The van der Waals surface area contributed by atoms with Crippen molar-refractivity contribution in [1.82, 2.24) is 15.1 Å². The number of carbonyl (C=O) groups is 3. The number of imide groups is 1. The summed E-state index contributed by atoms with van der Waals surface area (Å²) in [4.78, 5) is 36.7. The lowest BCUT2D eigenvalue weighted by atomic mass is 10.2. The SMILES string of the molecule is CN(C)C(=O)CCCNC1CC(=O)N(C)C1=O. The van der Waals surface area contributed by atoms with E-state index in [1.54, 1.807) is 14.1 Å². The first-order chi connectivity index (χ1) is 7.93. The minimum absolute atomic E-state index is 0.0674. The van der Waals surface area contributed by atoms with E-state index in [1.165, 1.54) is 11.9 Å². The highest BCUT2D eigenvalue weighted by atomic mass is 16.2. The summed E-state index contributed by atoms with van der Waals surface area (Å²) in [6, 6.07) is -0.415. The quantitative estimate of drug-likeness (QED) is 0.505. The topological polar surface area (TPSA) is 69.7 Å². The molecule has 0 spiro atoms. The predicted molar refractivity (Wildman–Crippen MR) is 62.1 cm³/mol. The molecule has 0 saturated carbocycles. The van der Waals surface area contributed by atoms with Crippen LogP contribution in [0.25, 0.3) is 0 Å². The second-order valence-electron chi connectivity index (χ2n) is 4.39. The molecule has 0 radical (unpaired) electrons. The van der Waals surface area contributed by atoms with Crippen LogP contribution in [-0.2, 0) is 14.4 Å². The number of rotatable bonds is 5. The fraction of sp³-hybridized carbons (Fsp3) is 0.727. The van der Waals surface area contributed by atoms with Crippen LogP contribution in [0.3, 0.4) is 0 Å². The standard InChI is InChI=1S/C11H19N3O3/c1-13(2)9(15)5-4-6-12-8-7-10(16)14(3)11(8)17/h8,12H,4-7H2,1-3H3. The molecule has 6 heteroatoms. The van der Waals surface area contributed by atoms with Crippen LogP contribution >= 0.6 is 0 Å². The molecule has 1 aliphatic heterocycles. The van der Waals surface area contributed by atoms with E-state index in [0.717, 1.165) is 4.90 Å². The van der Waals surface area contributed by atoms with Gasteiger partial charge >= 0.3 is 0 Å². The summed E-state index contributed by atoms with van der Waals surface area (Å²) in [7, 11) is 4.91. The number of likely N-dealkylation sites (N-methyl/N-ethyl adjacent to an activating group) is 1. The summed E-state index contributed by atoms with van der Waals surface area (Å²) >= 11 is 0. The Morgan fingerprint density at radius 3 is 2.59 bits per heavy atom. The molecule has 0 bridgehead atoms. The lowest BCUT2D eigenvalue weighted by Crippen LogP contribution is -2.37. The fourth-order valence-electron chi connectivity index (χ4n) is 1.65. The van der Waals surface area contributed by atoms with E-state index in [1.807, 2.05) is 0 Å². The van der Waals surface area contributed by atoms with Gasteiger partial charge in [0.05, 0.1) is 12.5 Å². The van der Waals surface area contributed by atoms with Gasteiger partial charge < -0.3 is 10.2 Å². The molecule has 1 unspecified atom stereocenters. The van der Waals surface area contributed by atoms with Gasteiger partial charge in [0.15, 0.2) is 0 Å². The van der Waals surface area contributed by atoms with Gasteiger partial charge in [-0.15, -0.1) is 0 Å². The summed E-state index contributed by atoms with van der Waals surface area (Å²) in [5.74, 6) is -0.274. The van der Waals surface area contributed by atoms with E-state index < -0.39 is 6.04 Å². The van der Waals surface area contributed by atoms with Crippen molar-refractivity contribution in [3.05, 3.63) is 0 Å². The average molecular weight is 241 g/mol. The third kappa shape index (κ3) is 3.52. The molecule has 3 amide bonds. The first-order valence-corrected chi connectivity index (χ1v) is 5.67. The number of likely N-dealkylation sites (tertiary alicyclic amines) is 1. The summed E-state index contributed by atoms with van der Waals surface area (Å²) in [6.45, 7) is 0.567. The van der Waals surface area contributed by atoms with Crippen molar-refractivity contribution >= 4 is 17.7 Å². The average Bonchev–Trinajstić information content (AvgIpc) is 2.52. The van der Waals surface area contributed by atoms with Crippen molar-refractivity contribution < 1.29 is 14.4 Å². The van der Waals surface area contributed by atoms with Crippen molar-refractivity contribution in [3.63, 3.8) is 0 Å². The Morgan fingerprint density at radius 1 is 1.47 bits per heavy atom. The van der Waals surface area contributed by atoms with Gasteiger partial charge in [0.2, 0.25) is 17.7 Å². The molecule has 0 aliphatic carbocycles. The Morgan fingerprint density at radius 2 is 2.12 bits per heavy atom. The maximum atomic E-state index is 11.5. The van der Waals surface area contributed by atoms with E-state index in [0.29, 0.717) is 19.4 Å². The molecule has 0 aromatic carbocycles. The van der Waals surface area contributed by atoms with Crippen LogP contribution < -0.4 is 5.32 Å². The van der Waals surface area contributed by atoms with Crippen molar-refractivity contribution in [2.24, 2.45) is 0 Å². The Labute approximate surface area is 101 Å². The molecule has 96 valence electrons. The normalized spacial score (nSPS) is 19.9. The Bertz CT molecular complexity index is 328. The predicted octanol–water partition coefficient (Wildman–Crippen LogP) is -0.798. The molecular weight excluding hydrogens is 222 g/mol. The molecule has 1 saturated heterocycles. The zero-order valence-corrected chi connectivity index (χ0v) is 10.5. The third-order valence-electron chi connectivity index (χ3n) is 2.84. The maximum Gasteiger partial charge on any atom is 0.246 e. The van der Waals surface area contributed by atoms with Gasteiger partial charge in [0.1, 0.15) is 0 Å². The van der Waals surface area contributed by atoms with E-state index in [4.69, 9.17) is 0 Å². The van der Waals surface area contributed by atoms with Gasteiger partial charge in [-0.3, -0.25) is 19.3 Å². The number of hydrogen-bond donors (Lipinski definition) is 1. The van der Waals surface area contributed by atoms with Crippen LogP contribution in [0, 0.1) is 0 Å². The summed E-state index contributed by atoms with van der Waals surface area (Å²) in [6.07, 6.45) is 1.33. The molecule has 0 aromatic heterocycles. The van der Waals surface area contributed by atoms with Crippen LogP contribution in [0.1, 0.15) is 19.3 Å². The third-order valence-corrected chi connectivity index (χ3v) is 2.84. The molecule has 1 N–H and O–H groups in total. The van der Waals surface area contributed by atoms with Gasteiger partial charge in [-0.1, -0.05) is 0 Å². The van der Waals surface area contributed by atoms with Gasteiger partial charge in [0.25, 0.3) is 0 Å². The van der Waals surface area contributed by atoms with Crippen LogP contribution in [0.15, 0.2) is 0 Å². The molecular formula is C11H19N3O3. The minimum Gasteiger partial charge on any atom is -0.349 e. The molecule has 0 aromatic rings. The van der Waals surface area contributed by atoms with Crippen molar-refractivity contribution in [1.29, 1.82) is 0 Å².